The van der Waals surface area contributed by atoms with Crippen LogP contribution in [-0.2, 0) is 11.2 Å². The van der Waals surface area contributed by atoms with Crippen LogP contribution in [0.25, 0.3) is 16.0 Å². The zero-order valence-corrected chi connectivity index (χ0v) is 11.4. The Hall–Kier alpha value is -2.27. The van der Waals surface area contributed by atoms with Crippen molar-refractivity contribution in [2.75, 3.05) is 0 Å². The first kappa shape index (κ1) is 11.5. The fraction of sp³-hybridized carbons (Fsp3) is 0.133. The van der Waals surface area contributed by atoms with E-state index < -0.39 is 0 Å². The van der Waals surface area contributed by atoms with Crippen LogP contribution < -0.4 is 0 Å². The van der Waals surface area contributed by atoms with Crippen LogP contribution in [-0.4, -0.2) is 19.5 Å². The van der Waals surface area contributed by atoms with E-state index in [0.717, 1.165) is 27.4 Å². The molecule has 20 heavy (non-hydrogen) atoms. The largest absolute Gasteiger partial charge is 0.294 e. The van der Waals surface area contributed by atoms with Crippen LogP contribution in [0.3, 0.4) is 0 Å². The van der Waals surface area contributed by atoms with Gasteiger partial charge in [-0.15, -0.1) is 0 Å². The lowest BCUT2D eigenvalue weighted by atomic mass is 10.0. The van der Waals surface area contributed by atoms with Gasteiger partial charge in [-0.3, -0.25) is 9.20 Å². The van der Waals surface area contributed by atoms with E-state index in [1.165, 1.54) is 11.5 Å². The summed E-state index contributed by atoms with van der Waals surface area (Å²) in [4.78, 5) is 16.9. The SMILES string of the molecule is O=C1C=CC=C(Cc2nsc3nc4ccccc4n23)C1. The number of nitrogens with zero attached hydrogens (tertiary/aromatic N) is 3. The first-order valence-corrected chi connectivity index (χ1v) is 7.19. The van der Waals surface area contributed by atoms with E-state index >= 15 is 0 Å². The predicted molar refractivity (Wildman–Crippen MR) is 78.9 cm³/mol. The Morgan fingerprint density at radius 1 is 1.30 bits per heavy atom. The van der Waals surface area contributed by atoms with Crippen molar-refractivity contribution in [1.82, 2.24) is 13.8 Å². The molecule has 4 nitrogen and oxygen atoms in total. The number of allylic oxidation sites excluding steroid dienone is 4. The van der Waals surface area contributed by atoms with E-state index in [2.05, 4.69) is 13.8 Å². The first-order valence-electron chi connectivity index (χ1n) is 6.42. The van der Waals surface area contributed by atoms with E-state index in [1.54, 1.807) is 6.08 Å². The molecular weight excluding hydrogens is 270 g/mol. The Bertz CT molecular complexity index is 885. The Balaban J connectivity index is 1.82. The van der Waals surface area contributed by atoms with Gasteiger partial charge in [0.1, 0.15) is 5.82 Å². The molecule has 4 rings (SSSR count). The summed E-state index contributed by atoms with van der Waals surface area (Å²) in [5.41, 5.74) is 3.16. The quantitative estimate of drug-likeness (QED) is 0.725. The van der Waals surface area contributed by atoms with Gasteiger partial charge in [0.15, 0.2) is 5.78 Å². The maximum Gasteiger partial charge on any atom is 0.214 e. The Morgan fingerprint density at radius 3 is 3.10 bits per heavy atom. The van der Waals surface area contributed by atoms with Gasteiger partial charge in [0.2, 0.25) is 4.96 Å². The topological polar surface area (TPSA) is 47.3 Å². The van der Waals surface area contributed by atoms with E-state index in [-0.39, 0.29) is 5.78 Å². The van der Waals surface area contributed by atoms with Gasteiger partial charge in [-0.1, -0.05) is 29.9 Å². The number of fused-ring (bicyclic) bond motifs is 3. The number of hydrogen-bond acceptors (Lipinski definition) is 4. The highest BCUT2D eigenvalue weighted by molar-refractivity contribution is 7.11. The summed E-state index contributed by atoms with van der Waals surface area (Å²) in [6.07, 6.45) is 6.62. The highest BCUT2D eigenvalue weighted by atomic mass is 32.1. The van der Waals surface area contributed by atoms with Crippen LogP contribution >= 0.6 is 11.5 Å². The van der Waals surface area contributed by atoms with Crippen LogP contribution in [0.15, 0.2) is 48.1 Å². The second-order valence-corrected chi connectivity index (χ2v) is 5.55. The van der Waals surface area contributed by atoms with Crippen molar-refractivity contribution in [3.63, 3.8) is 0 Å². The average molecular weight is 281 g/mol. The fourth-order valence-corrected chi connectivity index (χ4v) is 3.28. The number of hydrogen-bond donors (Lipinski definition) is 0. The van der Waals surface area contributed by atoms with Crippen LogP contribution in [0.2, 0.25) is 0 Å². The number of aromatic nitrogens is 3. The number of imidazole rings is 1. The predicted octanol–water partition coefficient (Wildman–Crippen LogP) is 2.94. The number of ketones is 1. The molecule has 0 radical (unpaired) electrons. The summed E-state index contributed by atoms with van der Waals surface area (Å²) in [7, 11) is 0. The maximum atomic E-state index is 11.5. The average Bonchev–Trinajstić information content (AvgIpc) is 2.99. The molecule has 98 valence electrons. The van der Waals surface area contributed by atoms with Gasteiger partial charge in [0, 0.05) is 24.4 Å². The smallest absolute Gasteiger partial charge is 0.214 e. The zero-order chi connectivity index (χ0) is 13.5. The second-order valence-electron chi connectivity index (χ2n) is 4.82. The lowest BCUT2D eigenvalue weighted by Gasteiger charge is -2.06. The molecule has 1 aliphatic carbocycles. The van der Waals surface area contributed by atoms with Gasteiger partial charge in [-0.05, 0) is 18.2 Å². The van der Waals surface area contributed by atoms with E-state index in [9.17, 15) is 4.79 Å². The molecule has 2 aromatic heterocycles. The molecule has 0 unspecified atom stereocenters. The lowest BCUT2D eigenvalue weighted by Crippen LogP contribution is -2.04. The molecule has 0 amide bonds. The maximum absolute atomic E-state index is 11.5. The van der Waals surface area contributed by atoms with Gasteiger partial charge in [-0.2, -0.15) is 4.37 Å². The molecule has 0 N–H and O–H groups in total. The number of para-hydroxylation sites is 2. The molecule has 0 fully saturated rings. The zero-order valence-electron chi connectivity index (χ0n) is 10.6. The van der Waals surface area contributed by atoms with Gasteiger partial charge in [0.25, 0.3) is 0 Å². The molecule has 3 aromatic rings. The van der Waals surface area contributed by atoms with Crippen LogP contribution in [0.1, 0.15) is 12.2 Å². The minimum absolute atomic E-state index is 0.157. The fourth-order valence-electron chi connectivity index (χ4n) is 2.52. The molecule has 0 saturated heterocycles. The summed E-state index contributed by atoms with van der Waals surface area (Å²) in [6, 6.07) is 8.04. The standard InChI is InChI=1S/C15H11N3OS/c19-11-5-3-4-10(8-11)9-14-17-20-15-16-12-6-1-2-7-13(12)18(14)15/h1-7H,8-9H2. The third kappa shape index (κ3) is 1.78. The molecule has 5 heteroatoms. The van der Waals surface area contributed by atoms with Crippen molar-refractivity contribution in [3.05, 3.63) is 53.9 Å². The Labute approximate surface area is 119 Å². The van der Waals surface area contributed by atoms with Crippen molar-refractivity contribution in [1.29, 1.82) is 0 Å². The number of carbonyl (C=O) groups excluding carboxylic acids is 1. The number of rotatable bonds is 2. The lowest BCUT2D eigenvalue weighted by molar-refractivity contribution is -0.114. The summed E-state index contributed by atoms with van der Waals surface area (Å²) >= 11 is 1.40. The Morgan fingerprint density at radius 2 is 2.20 bits per heavy atom. The van der Waals surface area contributed by atoms with E-state index in [4.69, 9.17) is 0 Å². The minimum atomic E-state index is 0.157. The molecule has 2 heterocycles. The molecule has 1 aliphatic rings. The van der Waals surface area contributed by atoms with Crippen molar-refractivity contribution in [3.8, 4) is 0 Å². The highest BCUT2D eigenvalue weighted by Gasteiger charge is 2.15. The third-order valence-electron chi connectivity index (χ3n) is 3.42. The molecule has 0 atom stereocenters. The molecule has 0 bridgehead atoms. The van der Waals surface area contributed by atoms with Crippen LogP contribution in [0.4, 0.5) is 0 Å². The van der Waals surface area contributed by atoms with Crippen molar-refractivity contribution in [2.45, 2.75) is 12.8 Å². The van der Waals surface area contributed by atoms with Crippen molar-refractivity contribution < 1.29 is 4.79 Å². The third-order valence-corrected chi connectivity index (χ3v) is 4.16. The molecule has 1 aromatic carbocycles. The van der Waals surface area contributed by atoms with Gasteiger partial charge < -0.3 is 0 Å². The summed E-state index contributed by atoms with van der Waals surface area (Å²) in [5.74, 6) is 1.11. The first-order chi connectivity index (χ1) is 9.81. The molecule has 0 aliphatic heterocycles. The monoisotopic (exact) mass is 281 g/mol. The minimum Gasteiger partial charge on any atom is -0.294 e. The van der Waals surface area contributed by atoms with Gasteiger partial charge in [-0.25, -0.2) is 4.98 Å². The van der Waals surface area contributed by atoms with E-state index in [1.807, 2.05) is 36.4 Å². The summed E-state index contributed by atoms with van der Waals surface area (Å²) in [5, 5.41) is 0. The molecule has 0 saturated carbocycles. The van der Waals surface area contributed by atoms with E-state index in [0.29, 0.717) is 12.8 Å². The normalized spacial score (nSPS) is 15.2. The van der Waals surface area contributed by atoms with Crippen molar-refractivity contribution in [2.24, 2.45) is 0 Å². The van der Waals surface area contributed by atoms with Gasteiger partial charge >= 0.3 is 0 Å². The second kappa shape index (κ2) is 4.38. The van der Waals surface area contributed by atoms with Gasteiger partial charge in [0.05, 0.1) is 11.0 Å². The van der Waals surface area contributed by atoms with Crippen molar-refractivity contribution >= 4 is 33.3 Å². The number of benzene rings is 1. The van der Waals surface area contributed by atoms with Crippen LogP contribution in [0, 0.1) is 0 Å². The Kier molecular flexibility index (Phi) is 2.53. The molecule has 0 spiro atoms. The van der Waals surface area contributed by atoms with Crippen LogP contribution in [0.5, 0.6) is 0 Å². The molecular formula is C15H11N3OS. The summed E-state index contributed by atoms with van der Waals surface area (Å²) in [6.45, 7) is 0. The number of carbonyl (C=O) groups is 1. The summed E-state index contributed by atoms with van der Waals surface area (Å²) < 4.78 is 6.58. The highest BCUT2D eigenvalue weighted by Crippen LogP contribution is 2.23.